The topological polar surface area (TPSA) is 46.8 Å². The third-order valence-corrected chi connectivity index (χ3v) is 4.52. The van der Waals surface area contributed by atoms with E-state index in [0.717, 1.165) is 35.6 Å². The van der Waals surface area contributed by atoms with Crippen molar-refractivity contribution in [2.75, 3.05) is 11.4 Å². The van der Waals surface area contributed by atoms with Gasteiger partial charge in [0.25, 0.3) is 0 Å². The molecule has 0 amide bonds. The minimum atomic E-state index is 0.805. The van der Waals surface area contributed by atoms with E-state index < -0.39 is 0 Å². The zero-order valence-corrected chi connectivity index (χ0v) is 15.0. The van der Waals surface area contributed by atoms with E-state index in [1.54, 1.807) is 6.33 Å². The molecule has 0 aliphatic rings. The zero-order valence-electron chi connectivity index (χ0n) is 15.0. The first-order valence-corrected chi connectivity index (χ1v) is 8.81. The van der Waals surface area contributed by atoms with E-state index in [-0.39, 0.29) is 0 Å². The van der Waals surface area contributed by atoms with Crippen LogP contribution in [0.3, 0.4) is 0 Å². The maximum Gasteiger partial charge on any atom is 0.168 e. The summed E-state index contributed by atoms with van der Waals surface area (Å²) in [6.45, 7) is 5.88. The molecule has 5 nitrogen and oxygen atoms in total. The van der Waals surface area contributed by atoms with Gasteiger partial charge in [-0.2, -0.15) is 5.10 Å². The molecule has 0 N–H and O–H groups in total. The van der Waals surface area contributed by atoms with Crippen LogP contribution >= 0.6 is 0 Å². The molecule has 4 rings (SSSR count). The standard InChI is InChI=1S/C21H21N5/c1-3-25(14-17-7-5-4-6-8-17)20-19-13-24-26(21(19)23-15-22-20)18-11-9-16(2)10-12-18/h4-13,15H,3,14H2,1-2H3. The molecule has 0 spiro atoms. The van der Waals surface area contributed by atoms with Gasteiger partial charge >= 0.3 is 0 Å². The number of benzene rings is 2. The monoisotopic (exact) mass is 343 g/mol. The van der Waals surface area contributed by atoms with Crippen LogP contribution in [0.5, 0.6) is 0 Å². The van der Waals surface area contributed by atoms with Gasteiger partial charge in [-0.15, -0.1) is 0 Å². The number of nitrogens with zero attached hydrogens (tertiary/aromatic N) is 5. The van der Waals surface area contributed by atoms with Crippen LogP contribution in [-0.4, -0.2) is 26.3 Å². The van der Waals surface area contributed by atoms with Gasteiger partial charge in [-0.25, -0.2) is 14.6 Å². The number of hydrogen-bond donors (Lipinski definition) is 0. The molecule has 0 saturated carbocycles. The minimum absolute atomic E-state index is 0.805. The normalized spacial score (nSPS) is 11.0. The smallest absolute Gasteiger partial charge is 0.168 e. The average Bonchev–Trinajstić information content (AvgIpc) is 3.12. The lowest BCUT2D eigenvalue weighted by atomic mass is 10.2. The van der Waals surface area contributed by atoms with E-state index in [4.69, 9.17) is 0 Å². The van der Waals surface area contributed by atoms with Crippen molar-refractivity contribution in [1.29, 1.82) is 0 Å². The van der Waals surface area contributed by atoms with Gasteiger partial charge in [0, 0.05) is 13.1 Å². The lowest BCUT2D eigenvalue weighted by molar-refractivity contribution is 0.816. The molecule has 0 radical (unpaired) electrons. The Kier molecular flexibility index (Phi) is 4.35. The highest BCUT2D eigenvalue weighted by Gasteiger charge is 2.15. The molecule has 2 heterocycles. The predicted octanol–water partition coefficient (Wildman–Crippen LogP) is 4.15. The van der Waals surface area contributed by atoms with Gasteiger partial charge in [0.1, 0.15) is 12.1 Å². The quantitative estimate of drug-likeness (QED) is 0.546. The Morgan fingerprint density at radius 2 is 1.73 bits per heavy atom. The fourth-order valence-electron chi connectivity index (χ4n) is 3.10. The molecule has 0 atom stereocenters. The van der Waals surface area contributed by atoms with E-state index >= 15 is 0 Å². The summed E-state index contributed by atoms with van der Waals surface area (Å²) in [7, 11) is 0. The van der Waals surface area contributed by atoms with Crippen LogP contribution in [0.25, 0.3) is 16.7 Å². The highest BCUT2D eigenvalue weighted by Crippen LogP contribution is 2.25. The van der Waals surface area contributed by atoms with Crippen molar-refractivity contribution in [3.8, 4) is 5.69 Å². The lowest BCUT2D eigenvalue weighted by Gasteiger charge is -2.22. The second-order valence-electron chi connectivity index (χ2n) is 6.33. The van der Waals surface area contributed by atoms with Gasteiger partial charge in [0.2, 0.25) is 0 Å². The molecule has 5 heteroatoms. The fourth-order valence-corrected chi connectivity index (χ4v) is 3.10. The van der Waals surface area contributed by atoms with Crippen molar-refractivity contribution in [2.24, 2.45) is 0 Å². The third-order valence-electron chi connectivity index (χ3n) is 4.52. The molecular weight excluding hydrogens is 322 g/mol. The largest absolute Gasteiger partial charge is 0.352 e. The van der Waals surface area contributed by atoms with Crippen LogP contribution in [-0.2, 0) is 6.54 Å². The summed E-state index contributed by atoms with van der Waals surface area (Å²) >= 11 is 0. The first-order chi connectivity index (χ1) is 12.8. The van der Waals surface area contributed by atoms with Crippen molar-refractivity contribution in [3.63, 3.8) is 0 Å². The molecule has 4 aromatic rings. The molecule has 0 fully saturated rings. The Morgan fingerprint density at radius 1 is 0.962 bits per heavy atom. The SMILES string of the molecule is CCN(Cc1ccccc1)c1ncnc2c1cnn2-c1ccc(C)cc1. The Labute approximate surface area is 152 Å². The summed E-state index contributed by atoms with van der Waals surface area (Å²) in [6.07, 6.45) is 3.48. The minimum Gasteiger partial charge on any atom is -0.352 e. The maximum absolute atomic E-state index is 4.57. The van der Waals surface area contributed by atoms with Crippen LogP contribution in [0.4, 0.5) is 5.82 Å². The van der Waals surface area contributed by atoms with Crippen molar-refractivity contribution < 1.29 is 0 Å². The van der Waals surface area contributed by atoms with Crippen LogP contribution in [0.1, 0.15) is 18.1 Å². The summed E-state index contributed by atoms with van der Waals surface area (Å²) in [4.78, 5) is 11.3. The second kappa shape index (κ2) is 6.96. The molecule has 0 unspecified atom stereocenters. The van der Waals surface area contributed by atoms with E-state index in [1.807, 2.05) is 16.9 Å². The molecule has 26 heavy (non-hydrogen) atoms. The fraction of sp³-hybridized carbons (Fsp3) is 0.190. The van der Waals surface area contributed by atoms with Crippen LogP contribution in [0.2, 0.25) is 0 Å². The number of anilines is 1. The van der Waals surface area contributed by atoms with Gasteiger partial charge in [-0.3, -0.25) is 0 Å². The molecule has 0 bridgehead atoms. The van der Waals surface area contributed by atoms with Gasteiger partial charge in [-0.1, -0.05) is 48.0 Å². The maximum atomic E-state index is 4.57. The van der Waals surface area contributed by atoms with Crippen molar-refractivity contribution in [1.82, 2.24) is 19.7 Å². The molecule has 130 valence electrons. The van der Waals surface area contributed by atoms with Gasteiger partial charge in [0.15, 0.2) is 5.65 Å². The van der Waals surface area contributed by atoms with E-state index in [0.29, 0.717) is 0 Å². The predicted molar refractivity (Wildman–Crippen MR) is 105 cm³/mol. The molecule has 0 aliphatic heterocycles. The second-order valence-corrected chi connectivity index (χ2v) is 6.33. The van der Waals surface area contributed by atoms with Gasteiger partial charge < -0.3 is 4.90 Å². The Bertz CT molecular complexity index is 1010. The number of rotatable bonds is 5. The summed E-state index contributed by atoms with van der Waals surface area (Å²) in [5, 5.41) is 5.53. The van der Waals surface area contributed by atoms with Crippen molar-refractivity contribution in [3.05, 3.63) is 78.2 Å². The van der Waals surface area contributed by atoms with E-state index in [9.17, 15) is 0 Å². The molecule has 2 aromatic carbocycles. The highest BCUT2D eigenvalue weighted by molar-refractivity contribution is 5.87. The number of aryl methyl sites for hydroxylation is 1. The summed E-state index contributed by atoms with van der Waals surface area (Å²) in [5.74, 6) is 0.916. The van der Waals surface area contributed by atoms with Crippen LogP contribution in [0.15, 0.2) is 67.1 Å². The Balaban J connectivity index is 1.75. The zero-order chi connectivity index (χ0) is 17.9. The van der Waals surface area contributed by atoms with Crippen LogP contribution in [0, 0.1) is 6.92 Å². The molecular formula is C21H21N5. The number of fused-ring (bicyclic) bond motifs is 1. The van der Waals surface area contributed by atoms with Gasteiger partial charge in [0.05, 0.1) is 17.3 Å². The molecule has 0 saturated heterocycles. The first-order valence-electron chi connectivity index (χ1n) is 8.81. The van der Waals surface area contributed by atoms with Gasteiger partial charge in [-0.05, 0) is 31.5 Å². The van der Waals surface area contributed by atoms with E-state index in [2.05, 4.69) is 82.3 Å². The summed E-state index contributed by atoms with van der Waals surface area (Å²) < 4.78 is 1.87. The van der Waals surface area contributed by atoms with Crippen molar-refractivity contribution in [2.45, 2.75) is 20.4 Å². The average molecular weight is 343 g/mol. The molecule has 0 aliphatic carbocycles. The van der Waals surface area contributed by atoms with E-state index in [1.165, 1.54) is 11.1 Å². The Morgan fingerprint density at radius 3 is 2.46 bits per heavy atom. The summed E-state index contributed by atoms with van der Waals surface area (Å²) in [6, 6.07) is 18.7. The van der Waals surface area contributed by atoms with Crippen molar-refractivity contribution >= 4 is 16.9 Å². The number of aromatic nitrogens is 4. The third kappa shape index (κ3) is 3.04. The highest BCUT2D eigenvalue weighted by atomic mass is 15.3. The molecule has 2 aromatic heterocycles. The van der Waals surface area contributed by atoms with Crippen LogP contribution < -0.4 is 4.90 Å². The number of hydrogen-bond acceptors (Lipinski definition) is 4. The lowest BCUT2D eigenvalue weighted by Crippen LogP contribution is -2.23. The first kappa shape index (κ1) is 16.3. The Hall–Kier alpha value is -3.21. The summed E-state index contributed by atoms with van der Waals surface area (Å²) in [5.41, 5.74) is 4.30.